The van der Waals surface area contributed by atoms with Crippen molar-refractivity contribution in [3.8, 4) is 5.75 Å². The third kappa shape index (κ3) is 3.86. The van der Waals surface area contributed by atoms with Crippen LogP contribution in [0.2, 0.25) is 0 Å². The van der Waals surface area contributed by atoms with E-state index in [1.54, 1.807) is 6.20 Å². The lowest BCUT2D eigenvalue weighted by atomic mass is 9.94. The van der Waals surface area contributed by atoms with Gasteiger partial charge in [-0.05, 0) is 24.1 Å². The Morgan fingerprint density at radius 1 is 1.07 bits per heavy atom. The Kier molecular flexibility index (Phi) is 5.56. The van der Waals surface area contributed by atoms with E-state index < -0.39 is 0 Å². The summed E-state index contributed by atoms with van der Waals surface area (Å²) >= 11 is 0. The molecule has 4 heteroatoms. The molecule has 1 aliphatic rings. The van der Waals surface area contributed by atoms with E-state index in [4.69, 9.17) is 4.74 Å². The Labute approximate surface area is 166 Å². The van der Waals surface area contributed by atoms with E-state index in [0.29, 0.717) is 0 Å². The summed E-state index contributed by atoms with van der Waals surface area (Å²) < 4.78 is 6.27. The molecule has 2 aromatic carbocycles. The highest BCUT2D eigenvalue weighted by atomic mass is 16.5. The smallest absolute Gasteiger partial charge is 0.230 e. The van der Waals surface area contributed by atoms with E-state index in [9.17, 15) is 4.79 Å². The zero-order chi connectivity index (χ0) is 19.3. The summed E-state index contributed by atoms with van der Waals surface area (Å²) in [6.07, 6.45) is 4.43. The Balaban J connectivity index is 1.40. The number of hydrogen-bond donors (Lipinski definition) is 0. The van der Waals surface area contributed by atoms with Gasteiger partial charge in [0.05, 0.1) is 5.92 Å². The number of amides is 1. The van der Waals surface area contributed by atoms with Crippen molar-refractivity contribution in [1.82, 2.24) is 9.88 Å². The lowest BCUT2D eigenvalue weighted by Gasteiger charge is -2.34. The molecular formula is C24H26N2O2. The molecule has 1 amide bonds. The van der Waals surface area contributed by atoms with E-state index in [1.165, 1.54) is 0 Å². The summed E-state index contributed by atoms with van der Waals surface area (Å²) in [6.45, 7) is 3.56. The van der Waals surface area contributed by atoms with Gasteiger partial charge in [0.25, 0.3) is 0 Å². The van der Waals surface area contributed by atoms with Gasteiger partial charge in [0.15, 0.2) is 0 Å². The molecule has 4 rings (SSSR count). The number of likely N-dealkylation sites (tertiary alicyclic amines) is 1. The summed E-state index contributed by atoms with van der Waals surface area (Å²) in [5, 5.41) is 1.08. The van der Waals surface area contributed by atoms with Crippen molar-refractivity contribution in [2.45, 2.75) is 38.2 Å². The molecule has 1 saturated heterocycles. The molecule has 0 N–H and O–H groups in total. The molecule has 0 spiro atoms. The zero-order valence-corrected chi connectivity index (χ0v) is 16.3. The maximum Gasteiger partial charge on any atom is 0.230 e. The molecule has 1 aliphatic heterocycles. The predicted molar refractivity (Wildman–Crippen MR) is 111 cm³/mol. The number of benzene rings is 2. The third-order valence-corrected chi connectivity index (χ3v) is 5.55. The Morgan fingerprint density at radius 3 is 2.57 bits per heavy atom. The summed E-state index contributed by atoms with van der Waals surface area (Å²) in [5.41, 5.74) is 2.01. The van der Waals surface area contributed by atoms with Crippen LogP contribution >= 0.6 is 0 Å². The van der Waals surface area contributed by atoms with Crippen LogP contribution in [0.15, 0.2) is 66.9 Å². The summed E-state index contributed by atoms with van der Waals surface area (Å²) in [6, 6.07) is 20.1. The Hall–Kier alpha value is -2.88. The summed E-state index contributed by atoms with van der Waals surface area (Å²) in [5.74, 6) is 1.01. The number of carbonyl (C=O) groups is 1. The van der Waals surface area contributed by atoms with Crippen molar-refractivity contribution in [2.24, 2.45) is 0 Å². The van der Waals surface area contributed by atoms with Crippen LogP contribution in [-0.2, 0) is 4.79 Å². The van der Waals surface area contributed by atoms with Gasteiger partial charge in [0.1, 0.15) is 17.4 Å². The highest BCUT2D eigenvalue weighted by Crippen LogP contribution is 2.28. The first kappa shape index (κ1) is 18.5. The van der Waals surface area contributed by atoms with Gasteiger partial charge in [-0.3, -0.25) is 9.78 Å². The number of para-hydroxylation sites is 1. The quantitative estimate of drug-likeness (QED) is 0.644. The van der Waals surface area contributed by atoms with Crippen LogP contribution < -0.4 is 4.74 Å². The molecule has 3 aromatic rings. The molecule has 4 nitrogen and oxygen atoms in total. The topological polar surface area (TPSA) is 42.4 Å². The minimum Gasteiger partial charge on any atom is -0.488 e. The highest BCUT2D eigenvalue weighted by Gasteiger charge is 2.29. The van der Waals surface area contributed by atoms with Crippen LogP contribution in [0, 0.1) is 0 Å². The maximum atomic E-state index is 13.0. The zero-order valence-electron chi connectivity index (χ0n) is 16.3. The highest BCUT2D eigenvalue weighted by molar-refractivity contribution is 5.84. The fourth-order valence-corrected chi connectivity index (χ4v) is 4.00. The molecule has 1 aromatic heterocycles. The number of piperidine rings is 1. The monoisotopic (exact) mass is 374 g/mol. The standard InChI is InChI=1S/C24H26N2O2/c1-2-21(18-8-4-3-5-9-18)24(27)26-16-13-20(14-17-26)28-22-12-6-10-19-11-7-15-25-23(19)22/h3-12,15,20-21H,2,13-14,16-17H2,1H3. The molecule has 0 bridgehead atoms. The Morgan fingerprint density at radius 2 is 1.82 bits per heavy atom. The van der Waals surface area contributed by atoms with Gasteiger partial charge < -0.3 is 9.64 Å². The largest absolute Gasteiger partial charge is 0.488 e. The van der Waals surface area contributed by atoms with Gasteiger partial charge in [-0.1, -0.05) is 55.5 Å². The van der Waals surface area contributed by atoms with Crippen LogP contribution in [0.1, 0.15) is 37.7 Å². The van der Waals surface area contributed by atoms with Crippen molar-refractivity contribution >= 4 is 16.8 Å². The number of ether oxygens (including phenoxy) is 1. The van der Waals surface area contributed by atoms with Crippen molar-refractivity contribution < 1.29 is 9.53 Å². The second-order valence-corrected chi connectivity index (χ2v) is 7.35. The lowest BCUT2D eigenvalue weighted by Crippen LogP contribution is -2.43. The third-order valence-electron chi connectivity index (χ3n) is 5.55. The second kappa shape index (κ2) is 8.42. The minimum atomic E-state index is -0.0547. The second-order valence-electron chi connectivity index (χ2n) is 7.35. The number of nitrogens with zero attached hydrogens (tertiary/aromatic N) is 2. The number of fused-ring (bicyclic) bond motifs is 1. The maximum absolute atomic E-state index is 13.0. The van der Waals surface area contributed by atoms with E-state index in [2.05, 4.69) is 24.0 Å². The number of hydrogen-bond acceptors (Lipinski definition) is 3. The molecule has 28 heavy (non-hydrogen) atoms. The summed E-state index contributed by atoms with van der Waals surface area (Å²) in [7, 11) is 0. The van der Waals surface area contributed by atoms with Crippen LogP contribution in [0.3, 0.4) is 0 Å². The van der Waals surface area contributed by atoms with Gasteiger partial charge in [-0.25, -0.2) is 0 Å². The number of carbonyl (C=O) groups excluding carboxylic acids is 1. The first-order valence-electron chi connectivity index (χ1n) is 10.1. The molecule has 2 heterocycles. The SMILES string of the molecule is CCC(C(=O)N1CCC(Oc2cccc3cccnc23)CC1)c1ccccc1. The van der Waals surface area contributed by atoms with Gasteiger partial charge >= 0.3 is 0 Å². The van der Waals surface area contributed by atoms with Gasteiger partial charge in [0.2, 0.25) is 5.91 Å². The average Bonchev–Trinajstić information content (AvgIpc) is 2.76. The molecule has 0 aliphatic carbocycles. The predicted octanol–water partition coefficient (Wildman–Crippen LogP) is 4.80. The molecule has 1 unspecified atom stereocenters. The average molecular weight is 374 g/mol. The molecule has 1 atom stereocenters. The van der Waals surface area contributed by atoms with E-state index in [0.717, 1.165) is 54.6 Å². The summed E-state index contributed by atoms with van der Waals surface area (Å²) in [4.78, 5) is 19.5. The first-order chi connectivity index (χ1) is 13.8. The van der Waals surface area contributed by atoms with Crippen LogP contribution in [0.25, 0.3) is 10.9 Å². The molecule has 0 radical (unpaired) electrons. The van der Waals surface area contributed by atoms with Gasteiger partial charge in [-0.2, -0.15) is 0 Å². The molecular weight excluding hydrogens is 348 g/mol. The lowest BCUT2D eigenvalue weighted by molar-refractivity contribution is -0.134. The number of rotatable bonds is 5. The molecule has 0 saturated carbocycles. The fraction of sp³-hybridized carbons (Fsp3) is 0.333. The van der Waals surface area contributed by atoms with Crippen LogP contribution in [-0.4, -0.2) is 35.0 Å². The molecule has 1 fully saturated rings. The van der Waals surface area contributed by atoms with E-state index >= 15 is 0 Å². The first-order valence-corrected chi connectivity index (χ1v) is 10.1. The normalized spacial score (nSPS) is 16.1. The van der Waals surface area contributed by atoms with Gasteiger partial charge in [-0.15, -0.1) is 0 Å². The Bertz CT molecular complexity index is 928. The van der Waals surface area contributed by atoms with E-state index in [-0.39, 0.29) is 17.9 Å². The van der Waals surface area contributed by atoms with E-state index in [1.807, 2.05) is 53.4 Å². The number of aromatic nitrogens is 1. The fourth-order valence-electron chi connectivity index (χ4n) is 4.00. The number of pyridine rings is 1. The van der Waals surface area contributed by atoms with Crippen molar-refractivity contribution in [3.63, 3.8) is 0 Å². The van der Waals surface area contributed by atoms with Gasteiger partial charge in [0, 0.05) is 37.5 Å². The molecule has 144 valence electrons. The van der Waals surface area contributed by atoms with Crippen LogP contribution in [0.5, 0.6) is 5.75 Å². The minimum absolute atomic E-state index is 0.0547. The van der Waals surface area contributed by atoms with Crippen LogP contribution in [0.4, 0.5) is 0 Å². The van der Waals surface area contributed by atoms with Crippen molar-refractivity contribution in [2.75, 3.05) is 13.1 Å². The van der Waals surface area contributed by atoms with Crippen molar-refractivity contribution in [3.05, 3.63) is 72.4 Å². The van der Waals surface area contributed by atoms with Crippen molar-refractivity contribution in [1.29, 1.82) is 0 Å².